The van der Waals surface area contributed by atoms with Gasteiger partial charge in [0.15, 0.2) is 7.11 Å². The Morgan fingerprint density at radius 1 is 1.60 bits per heavy atom. The number of hydrogen-bond donors (Lipinski definition) is 0. The van der Waals surface area contributed by atoms with Gasteiger partial charge in [0.2, 0.25) is 0 Å². The summed E-state index contributed by atoms with van der Waals surface area (Å²) in [6.07, 6.45) is 2.67. The van der Waals surface area contributed by atoms with Crippen LogP contribution in [0.25, 0.3) is 0 Å². The topological polar surface area (TPSA) is 26.3 Å². The molecule has 2 radical (unpaired) electrons. The summed E-state index contributed by atoms with van der Waals surface area (Å²) in [6.45, 7) is 3.99. The molecule has 2 nitrogen and oxygen atoms in total. The first kappa shape index (κ1) is 9.47. The minimum Gasteiger partial charge on any atom is -0.454 e. The van der Waals surface area contributed by atoms with Crippen molar-refractivity contribution in [2.75, 3.05) is 0 Å². The smallest absolute Gasteiger partial charge is 0.309 e. The fraction of sp³-hybridized carbons (Fsp3) is 0.750. The predicted octanol–water partition coefficient (Wildman–Crippen LogP) is 2.02. The zero-order chi connectivity index (χ0) is 7.98. The summed E-state index contributed by atoms with van der Waals surface area (Å²) in [5.74, 6) is -0.292. The van der Waals surface area contributed by atoms with Crippen molar-refractivity contribution < 1.29 is 9.53 Å². The van der Waals surface area contributed by atoms with E-state index in [-0.39, 0.29) is 11.9 Å². The molecule has 0 aromatic rings. The highest BCUT2D eigenvalue weighted by molar-refractivity contribution is 5.72. The van der Waals surface area contributed by atoms with E-state index in [1.165, 1.54) is 0 Å². The highest BCUT2D eigenvalue weighted by Gasteiger charge is 2.14. The Balaban J connectivity index is 3.68. The lowest BCUT2D eigenvalue weighted by Gasteiger charge is -2.08. The predicted molar refractivity (Wildman–Crippen MR) is 39.1 cm³/mol. The van der Waals surface area contributed by atoms with E-state index in [1.54, 1.807) is 0 Å². The molecule has 0 aliphatic heterocycles. The maximum atomic E-state index is 10.8. The largest absolute Gasteiger partial charge is 0.454 e. The van der Waals surface area contributed by atoms with Crippen LogP contribution >= 0.6 is 0 Å². The summed E-state index contributed by atoms with van der Waals surface area (Å²) in [6, 6.07) is 0. The molecule has 0 amide bonds. The first-order valence-corrected chi connectivity index (χ1v) is 3.66. The molecular weight excluding hydrogens is 128 g/mol. The maximum absolute atomic E-state index is 10.8. The van der Waals surface area contributed by atoms with Gasteiger partial charge in [-0.1, -0.05) is 20.3 Å². The summed E-state index contributed by atoms with van der Waals surface area (Å²) in [5, 5.41) is 0. The first-order valence-electron chi connectivity index (χ1n) is 3.66. The van der Waals surface area contributed by atoms with Crippen molar-refractivity contribution in [2.24, 2.45) is 5.92 Å². The van der Waals surface area contributed by atoms with E-state index in [4.69, 9.17) is 7.11 Å². The Labute approximate surface area is 62.6 Å². The molecule has 0 rings (SSSR count). The number of carbonyl (C=O) groups excluding carboxylic acids is 1. The Morgan fingerprint density at radius 2 is 2.20 bits per heavy atom. The summed E-state index contributed by atoms with van der Waals surface area (Å²) in [7, 11) is 4.73. The van der Waals surface area contributed by atoms with E-state index in [9.17, 15) is 4.79 Å². The zero-order valence-electron chi connectivity index (χ0n) is 6.59. The van der Waals surface area contributed by atoms with Crippen molar-refractivity contribution >= 4 is 5.97 Å². The molecule has 10 heavy (non-hydrogen) atoms. The van der Waals surface area contributed by atoms with Gasteiger partial charge in [0, 0.05) is 0 Å². The van der Waals surface area contributed by atoms with Crippen LogP contribution in [0.1, 0.15) is 33.1 Å². The normalized spacial score (nSPS) is 12.7. The van der Waals surface area contributed by atoms with Crippen molar-refractivity contribution in [3.8, 4) is 0 Å². The van der Waals surface area contributed by atoms with Crippen molar-refractivity contribution in [1.29, 1.82) is 0 Å². The van der Waals surface area contributed by atoms with Crippen molar-refractivity contribution in [1.82, 2.24) is 0 Å². The molecule has 1 atom stereocenters. The Hall–Kier alpha value is -0.530. The third-order valence-electron chi connectivity index (χ3n) is 1.58. The van der Waals surface area contributed by atoms with Crippen molar-refractivity contribution in [3.63, 3.8) is 0 Å². The van der Waals surface area contributed by atoms with E-state index in [0.29, 0.717) is 0 Å². The van der Waals surface area contributed by atoms with Gasteiger partial charge in [-0.15, -0.1) is 0 Å². The molecule has 0 fully saturated rings. The maximum Gasteiger partial charge on any atom is 0.309 e. The van der Waals surface area contributed by atoms with E-state index in [1.807, 2.05) is 13.8 Å². The van der Waals surface area contributed by atoms with Crippen LogP contribution in [0.4, 0.5) is 0 Å². The molecule has 1 unspecified atom stereocenters. The molecule has 0 bridgehead atoms. The molecule has 58 valence electrons. The van der Waals surface area contributed by atoms with Crippen LogP contribution in [0, 0.1) is 13.0 Å². The highest BCUT2D eigenvalue weighted by atomic mass is 16.5. The van der Waals surface area contributed by atoms with Crippen LogP contribution in [0.3, 0.4) is 0 Å². The van der Waals surface area contributed by atoms with Crippen LogP contribution in [0.15, 0.2) is 0 Å². The molecular formula is C8H14O2. The van der Waals surface area contributed by atoms with Gasteiger partial charge in [-0.3, -0.25) is 4.79 Å². The number of esters is 1. The van der Waals surface area contributed by atoms with Gasteiger partial charge in [-0.05, 0) is 12.8 Å². The fourth-order valence-corrected chi connectivity index (χ4v) is 0.933. The van der Waals surface area contributed by atoms with Gasteiger partial charge >= 0.3 is 5.97 Å². The summed E-state index contributed by atoms with van der Waals surface area (Å²) < 4.78 is 4.12. The van der Waals surface area contributed by atoms with E-state index in [2.05, 4.69) is 4.74 Å². The Morgan fingerprint density at radius 3 is 2.50 bits per heavy atom. The standard InChI is InChI=1S/C8H14O2/c1-4-6-7(5-2)8(9)10-3/h3,7H,4-6H2,1-2H3. The van der Waals surface area contributed by atoms with Crippen LogP contribution in [-0.2, 0) is 9.53 Å². The van der Waals surface area contributed by atoms with Gasteiger partial charge in [0.25, 0.3) is 0 Å². The van der Waals surface area contributed by atoms with E-state index in [0.717, 1.165) is 19.3 Å². The van der Waals surface area contributed by atoms with Crippen LogP contribution in [0.2, 0.25) is 0 Å². The number of ether oxygens (including phenoxy) is 1. The van der Waals surface area contributed by atoms with Crippen LogP contribution in [-0.4, -0.2) is 5.97 Å². The SMILES string of the molecule is [CH]OC(=O)C(CC)CCC. The molecule has 0 aromatic heterocycles. The summed E-state index contributed by atoms with van der Waals surface area (Å²) in [4.78, 5) is 10.8. The quantitative estimate of drug-likeness (QED) is 0.561. The summed E-state index contributed by atoms with van der Waals surface area (Å²) in [5.41, 5.74) is 0. The van der Waals surface area contributed by atoms with Gasteiger partial charge < -0.3 is 4.74 Å². The second kappa shape index (κ2) is 5.27. The van der Waals surface area contributed by atoms with Gasteiger partial charge in [0.1, 0.15) is 0 Å². The number of carbonyl (C=O) groups is 1. The second-order valence-electron chi connectivity index (χ2n) is 2.33. The second-order valence-corrected chi connectivity index (χ2v) is 2.33. The van der Waals surface area contributed by atoms with Crippen LogP contribution in [0.5, 0.6) is 0 Å². The average molecular weight is 142 g/mol. The summed E-state index contributed by atoms with van der Waals surface area (Å²) >= 11 is 0. The van der Waals surface area contributed by atoms with Crippen molar-refractivity contribution in [2.45, 2.75) is 33.1 Å². The molecule has 0 aromatic carbocycles. The number of hydrogen-bond acceptors (Lipinski definition) is 2. The third kappa shape index (κ3) is 2.85. The average Bonchev–Trinajstić information content (AvgIpc) is 1.99. The molecule has 0 aliphatic carbocycles. The lowest BCUT2D eigenvalue weighted by molar-refractivity contribution is -0.143. The van der Waals surface area contributed by atoms with Gasteiger partial charge in [0.05, 0.1) is 5.92 Å². The van der Waals surface area contributed by atoms with Gasteiger partial charge in [-0.2, -0.15) is 0 Å². The monoisotopic (exact) mass is 142 g/mol. The molecule has 0 spiro atoms. The lowest BCUT2D eigenvalue weighted by Crippen LogP contribution is -2.13. The zero-order valence-corrected chi connectivity index (χ0v) is 6.59. The van der Waals surface area contributed by atoms with Crippen molar-refractivity contribution in [3.05, 3.63) is 7.11 Å². The van der Waals surface area contributed by atoms with Crippen LogP contribution < -0.4 is 0 Å². The molecule has 2 heteroatoms. The molecule has 0 aliphatic rings. The van der Waals surface area contributed by atoms with E-state index >= 15 is 0 Å². The van der Waals surface area contributed by atoms with Gasteiger partial charge in [-0.25, -0.2) is 0 Å². The minimum absolute atomic E-state index is 0.00463. The minimum atomic E-state index is -0.288. The lowest BCUT2D eigenvalue weighted by atomic mass is 10.0. The number of rotatable bonds is 4. The molecule has 0 heterocycles. The molecule has 0 saturated heterocycles. The molecule has 0 saturated carbocycles. The third-order valence-corrected chi connectivity index (χ3v) is 1.58. The highest BCUT2D eigenvalue weighted by Crippen LogP contribution is 2.11. The fourth-order valence-electron chi connectivity index (χ4n) is 0.933. The Kier molecular flexibility index (Phi) is 4.99. The molecule has 0 N–H and O–H groups in total. The Bertz CT molecular complexity index is 99.4. The first-order chi connectivity index (χ1) is 4.76. The van der Waals surface area contributed by atoms with E-state index < -0.39 is 0 Å².